The normalized spacial score (nSPS) is 23.2. The molecule has 2 atom stereocenters. The van der Waals surface area contributed by atoms with Crippen LogP contribution < -0.4 is 10.6 Å². The standard InChI is InChI=1S/C12H15N5O3/c1-7-6-8(13)4-5-16(7)9-2-3-10(17(18)19)12-11(9)14-20-15-12/h2-3,7-8H,4-6,13H2,1H3. The number of benzene rings is 1. The molecular formula is C12H15N5O3. The van der Waals surface area contributed by atoms with Crippen LogP contribution in [0.3, 0.4) is 0 Å². The summed E-state index contributed by atoms with van der Waals surface area (Å²) >= 11 is 0. The highest BCUT2D eigenvalue weighted by Gasteiger charge is 2.28. The summed E-state index contributed by atoms with van der Waals surface area (Å²) < 4.78 is 4.69. The summed E-state index contributed by atoms with van der Waals surface area (Å²) in [7, 11) is 0. The fraction of sp³-hybridized carbons (Fsp3) is 0.500. The van der Waals surface area contributed by atoms with E-state index in [1.165, 1.54) is 6.07 Å². The summed E-state index contributed by atoms with van der Waals surface area (Å²) in [5, 5.41) is 18.5. The number of hydrogen-bond acceptors (Lipinski definition) is 7. The Labute approximate surface area is 114 Å². The quantitative estimate of drug-likeness (QED) is 0.653. The van der Waals surface area contributed by atoms with Gasteiger partial charge in [0.05, 0.1) is 10.6 Å². The second-order valence-corrected chi connectivity index (χ2v) is 5.15. The average molecular weight is 277 g/mol. The topological polar surface area (TPSA) is 111 Å². The number of anilines is 1. The summed E-state index contributed by atoms with van der Waals surface area (Å²) in [5.74, 6) is 0. The lowest BCUT2D eigenvalue weighted by molar-refractivity contribution is -0.383. The third-order valence-electron chi connectivity index (χ3n) is 3.80. The van der Waals surface area contributed by atoms with E-state index >= 15 is 0 Å². The van der Waals surface area contributed by atoms with Crippen molar-refractivity contribution in [3.8, 4) is 0 Å². The van der Waals surface area contributed by atoms with E-state index in [1.807, 2.05) is 0 Å². The molecule has 1 aromatic heterocycles. The molecule has 8 heteroatoms. The first kappa shape index (κ1) is 12.8. The molecule has 1 fully saturated rings. The maximum absolute atomic E-state index is 11.0. The lowest BCUT2D eigenvalue weighted by atomic mass is 9.98. The van der Waals surface area contributed by atoms with Crippen LogP contribution in [0, 0.1) is 10.1 Å². The number of fused-ring (bicyclic) bond motifs is 1. The molecule has 3 rings (SSSR count). The van der Waals surface area contributed by atoms with Crippen LogP contribution in [0.1, 0.15) is 19.8 Å². The minimum absolute atomic E-state index is 0.0913. The molecule has 2 N–H and O–H groups in total. The lowest BCUT2D eigenvalue weighted by Gasteiger charge is -2.37. The largest absolute Gasteiger partial charge is 0.367 e. The van der Waals surface area contributed by atoms with Crippen molar-refractivity contribution in [3.63, 3.8) is 0 Å². The third-order valence-corrected chi connectivity index (χ3v) is 3.80. The predicted octanol–water partition coefficient (Wildman–Crippen LogP) is 1.45. The highest BCUT2D eigenvalue weighted by molar-refractivity contribution is 5.94. The molecule has 20 heavy (non-hydrogen) atoms. The highest BCUT2D eigenvalue weighted by Crippen LogP contribution is 2.34. The van der Waals surface area contributed by atoms with Gasteiger partial charge in [-0.25, -0.2) is 4.63 Å². The van der Waals surface area contributed by atoms with E-state index in [2.05, 4.69) is 26.8 Å². The minimum atomic E-state index is -0.480. The van der Waals surface area contributed by atoms with E-state index in [-0.39, 0.29) is 23.3 Å². The Balaban J connectivity index is 2.07. The molecule has 0 aliphatic carbocycles. The highest BCUT2D eigenvalue weighted by atomic mass is 16.6. The van der Waals surface area contributed by atoms with Crippen molar-refractivity contribution in [2.45, 2.75) is 31.8 Å². The van der Waals surface area contributed by atoms with Crippen molar-refractivity contribution in [2.24, 2.45) is 5.73 Å². The Morgan fingerprint density at radius 1 is 1.45 bits per heavy atom. The molecule has 0 bridgehead atoms. The molecule has 106 valence electrons. The Bertz CT molecular complexity index is 656. The van der Waals surface area contributed by atoms with Gasteiger partial charge < -0.3 is 10.6 Å². The fourth-order valence-electron chi connectivity index (χ4n) is 2.79. The first-order valence-corrected chi connectivity index (χ1v) is 6.50. The Morgan fingerprint density at radius 3 is 2.90 bits per heavy atom. The van der Waals surface area contributed by atoms with Crippen molar-refractivity contribution in [2.75, 3.05) is 11.4 Å². The van der Waals surface area contributed by atoms with Crippen molar-refractivity contribution in [1.82, 2.24) is 10.3 Å². The van der Waals surface area contributed by atoms with Gasteiger partial charge in [-0.2, -0.15) is 0 Å². The maximum atomic E-state index is 11.0. The molecule has 2 unspecified atom stereocenters. The zero-order valence-electron chi connectivity index (χ0n) is 11.0. The Kier molecular flexibility index (Phi) is 3.01. The van der Waals surface area contributed by atoms with Gasteiger partial charge in [-0.1, -0.05) is 0 Å². The number of nitro benzene ring substituents is 1. The molecule has 1 aliphatic rings. The summed E-state index contributed by atoms with van der Waals surface area (Å²) in [6.07, 6.45) is 1.76. The molecule has 0 radical (unpaired) electrons. The predicted molar refractivity (Wildman–Crippen MR) is 72.5 cm³/mol. The van der Waals surface area contributed by atoms with Gasteiger partial charge in [0.1, 0.15) is 0 Å². The van der Waals surface area contributed by atoms with E-state index < -0.39 is 4.92 Å². The summed E-state index contributed by atoms with van der Waals surface area (Å²) in [5.41, 5.74) is 7.30. The summed E-state index contributed by atoms with van der Waals surface area (Å²) in [4.78, 5) is 12.6. The molecule has 0 saturated carbocycles. The van der Waals surface area contributed by atoms with Gasteiger partial charge in [0.15, 0.2) is 5.52 Å². The number of rotatable bonds is 2. The number of nitro groups is 1. The summed E-state index contributed by atoms with van der Waals surface area (Å²) in [6, 6.07) is 3.60. The van der Waals surface area contributed by atoms with Crippen LogP contribution in [0.4, 0.5) is 11.4 Å². The smallest absolute Gasteiger partial charge is 0.300 e. The molecule has 1 aliphatic heterocycles. The van der Waals surface area contributed by atoms with E-state index in [0.717, 1.165) is 25.1 Å². The molecule has 0 spiro atoms. The van der Waals surface area contributed by atoms with E-state index in [1.54, 1.807) is 6.07 Å². The van der Waals surface area contributed by atoms with Crippen LogP contribution in [-0.2, 0) is 0 Å². The first-order chi connectivity index (χ1) is 9.58. The Hall–Kier alpha value is -2.22. The molecule has 2 aromatic rings. The van der Waals surface area contributed by atoms with Gasteiger partial charge >= 0.3 is 5.69 Å². The van der Waals surface area contributed by atoms with Crippen molar-refractivity contribution in [3.05, 3.63) is 22.2 Å². The van der Waals surface area contributed by atoms with Crippen LogP contribution in [0.25, 0.3) is 11.0 Å². The van der Waals surface area contributed by atoms with Gasteiger partial charge in [0, 0.05) is 24.7 Å². The van der Waals surface area contributed by atoms with Crippen LogP contribution in [0.5, 0.6) is 0 Å². The van der Waals surface area contributed by atoms with Crippen LogP contribution in [0.2, 0.25) is 0 Å². The number of piperidine rings is 1. The molecule has 2 heterocycles. The second kappa shape index (κ2) is 4.71. The SMILES string of the molecule is CC1CC(N)CCN1c1ccc([N+](=O)[O-])c2nonc12. The third kappa shape index (κ3) is 1.97. The van der Waals surface area contributed by atoms with Gasteiger partial charge in [-0.3, -0.25) is 10.1 Å². The summed E-state index contributed by atoms with van der Waals surface area (Å²) in [6.45, 7) is 2.88. The van der Waals surface area contributed by atoms with Crippen molar-refractivity contribution >= 4 is 22.4 Å². The van der Waals surface area contributed by atoms with Gasteiger partial charge in [0.2, 0.25) is 5.52 Å². The molecular weight excluding hydrogens is 262 g/mol. The molecule has 0 amide bonds. The zero-order valence-corrected chi connectivity index (χ0v) is 11.0. The number of hydrogen-bond donors (Lipinski definition) is 1. The monoisotopic (exact) mass is 277 g/mol. The van der Waals surface area contributed by atoms with Crippen LogP contribution >= 0.6 is 0 Å². The number of nitrogens with zero attached hydrogens (tertiary/aromatic N) is 4. The molecule has 1 aromatic carbocycles. The number of non-ortho nitro benzene ring substituents is 1. The average Bonchev–Trinajstić information content (AvgIpc) is 2.87. The van der Waals surface area contributed by atoms with Crippen LogP contribution in [-0.4, -0.2) is 33.9 Å². The van der Waals surface area contributed by atoms with Gasteiger partial charge in [-0.15, -0.1) is 0 Å². The maximum Gasteiger partial charge on any atom is 0.300 e. The second-order valence-electron chi connectivity index (χ2n) is 5.15. The molecule has 8 nitrogen and oxygen atoms in total. The van der Waals surface area contributed by atoms with Gasteiger partial charge in [-0.05, 0) is 36.1 Å². The first-order valence-electron chi connectivity index (χ1n) is 6.50. The molecule has 1 saturated heterocycles. The van der Waals surface area contributed by atoms with Crippen LogP contribution in [0.15, 0.2) is 16.8 Å². The van der Waals surface area contributed by atoms with E-state index in [4.69, 9.17) is 5.73 Å². The van der Waals surface area contributed by atoms with Gasteiger partial charge in [0.25, 0.3) is 0 Å². The number of nitrogens with two attached hydrogens (primary N) is 1. The fourth-order valence-corrected chi connectivity index (χ4v) is 2.79. The van der Waals surface area contributed by atoms with Crippen molar-refractivity contribution in [1.29, 1.82) is 0 Å². The minimum Gasteiger partial charge on any atom is -0.367 e. The lowest BCUT2D eigenvalue weighted by Crippen LogP contribution is -2.45. The van der Waals surface area contributed by atoms with E-state index in [0.29, 0.717) is 5.52 Å². The Morgan fingerprint density at radius 2 is 2.20 bits per heavy atom. The zero-order chi connectivity index (χ0) is 14.3. The number of aromatic nitrogens is 2. The van der Waals surface area contributed by atoms with Crippen molar-refractivity contribution < 1.29 is 9.55 Å². The van der Waals surface area contributed by atoms with E-state index in [9.17, 15) is 10.1 Å².